The van der Waals surface area contributed by atoms with Gasteiger partial charge >= 0.3 is 0 Å². The van der Waals surface area contributed by atoms with Crippen molar-refractivity contribution in [2.24, 2.45) is 0 Å². The predicted octanol–water partition coefficient (Wildman–Crippen LogP) is 2.49. The van der Waals surface area contributed by atoms with Crippen LogP contribution in [-0.4, -0.2) is 16.5 Å². The number of hydrogen-bond donors (Lipinski definition) is 2. The highest BCUT2D eigenvalue weighted by molar-refractivity contribution is 5.55. The molecule has 1 heterocycles. The second-order valence-electron chi connectivity index (χ2n) is 5.08. The number of rotatable bonds is 3. The molecular formula is C12H22N4. The van der Waals surface area contributed by atoms with Gasteiger partial charge in [-0.1, -0.05) is 27.7 Å². The Morgan fingerprint density at radius 1 is 1.25 bits per heavy atom. The van der Waals surface area contributed by atoms with Crippen molar-refractivity contribution in [1.29, 1.82) is 0 Å². The van der Waals surface area contributed by atoms with Gasteiger partial charge in [0.05, 0.1) is 0 Å². The van der Waals surface area contributed by atoms with Crippen LogP contribution in [0, 0.1) is 6.92 Å². The van der Waals surface area contributed by atoms with Gasteiger partial charge in [-0.3, -0.25) is 0 Å². The zero-order valence-corrected chi connectivity index (χ0v) is 10.9. The van der Waals surface area contributed by atoms with Crippen LogP contribution in [-0.2, 0) is 5.41 Å². The van der Waals surface area contributed by atoms with Crippen LogP contribution in [0.5, 0.6) is 0 Å². The number of nitrogens with one attached hydrogen (secondary N) is 1. The molecule has 90 valence electrons. The molecule has 0 saturated carbocycles. The van der Waals surface area contributed by atoms with Crippen LogP contribution in [0.15, 0.2) is 0 Å². The highest BCUT2D eigenvalue weighted by atomic mass is 15.1. The maximum atomic E-state index is 5.90. The summed E-state index contributed by atoms with van der Waals surface area (Å²) >= 11 is 0. The SMILES string of the molecule is CCCNc1nc(C(C)(C)C)nc(N)c1C. The summed E-state index contributed by atoms with van der Waals surface area (Å²) in [6.07, 6.45) is 1.06. The molecule has 0 amide bonds. The molecule has 0 aromatic carbocycles. The second kappa shape index (κ2) is 4.68. The summed E-state index contributed by atoms with van der Waals surface area (Å²) in [5, 5.41) is 3.28. The second-order valence-corrected chi connectivity index (χ2v) is 5.08. The number of nitrogen functional groups attached to an aromatic ring is 1. The number of hydrogen-bond acceptors (Lipinski definition) is 4. The average molecular weight is 222 g/mol. The predicted molar refractivity (Wildman–Crippen MR) is 68.7 cm³/mol. The van der Waals surface area contributed by atoms with Crippen molar-refractivity contribution in [3.05, 3.63) is 11.4 Å². The first-order chi connectivity index (χ1) is 7.36. The van der Waals surface area contributed by atoms with E-state index in [-0.39, 0.29) is 5.41 Å². The van der Waals surface area contributed by atoms with Crippen LogP contribution in [0.2, 0.25) is 0 Å². The lowest BCUT2D eigenvalue weighted by Crippen LogP contribution is -2.19. The van der Waals surface area contributed by atoms with Gasteiger partial charge in [-0.05, 0) is 13.3 Å². The molecule has 0 bridgehead atoms. The lowest BCUT2D eigenvalue weighted by molar-refractivity contribution is 0.546. The zero-order valence-electron chi connectivity index (χ0n) is 10.9. The lowest BCUT2D eigenvalue weighted by Gasteiger charge is -2.19. The monoisotopic (exact) mass is 222 g/mol. The third kappa shape index (κ3) is 2.84. The molecule has 0 fully saturated rings. The van der Waals surface area contributed by atoms with Crippen molar-refractivity contribution >= 4 is 11.6 Å². The Morgan fingerprint density at radius 2 is 1.88 bits per heavy atom. The van der Waals surface area contributed by atoms with Crippen molar-refractivity contribution in [2.75, 3.05) is 17.6 Å². The van der Waals surface area contributed by atoms with Gasteiger partial charge in [0.15, 0.2) is 0 Å². The molecule has 0 aliphatic carbocycles. The van der Waals surface area contributed by atoms with E-state index < -0.39 is 0 Å². The molecule has 1 aromatic rings. The van der Waals surface area contributed by atoms with Crippen LogP contribution in [0.1, 0.15) is 45.5 Å². The van der Waals surface area contributed by atoms with Crippen LogP contribution >= 0.6 is 0 Å². The molecule has 0 saturated heterocycles. The van der Waals surface area contributed by atoms with Crippen LogP contribution in [0.4, 0.5) is 11.6 Å². The highest BCUT2D eigenvalue weighted by Crippen LogP contribution is 2.24. The van der Waals surface area contributed by atoms with E-state index in [1.165, 1.54) is 0 Å². The van der Waals surface area contributed by atoms with Gasteiger partial charge in [-0.25, -0.2) is 9.97 Å². The summed E-state index contributed by atoms with van der Waals surface area (Å²) in [7, 11) is 0. The van der Waals surface area contributed by atoms with E-state index >= 15 is 0 Å². The number of anilines is 2. The fourth-order valence-corrected chi connectivity index (χ4v) is 1.28. The molecule has 3 N–H and O–H groups in total. The van der Waals surface area contributed by atoms with Crippen molar-refractivity contribution in [3.8, 4) is 0 Å². The fourth-order valence-electron chi connectivity index (χ4n) is 1.28. The normalized spacial score (nSPS) is 11.6. The molecule has 1 aromatic heterocycles. The van der Waals surface area contributed by atoms with Crippen LogP contribution in [0.25, 0.3) is 0 Å². The summed E-state index contributed by atoms with van der Waals surface area (Å²) in [4.78, 5) is 8.88. The van der Waals surface area contributed by atoms with Crippen molar-refractivity contribution in [2.45, 2.75) is 46.5 Å². The van der Waals surface area contributed by atoms with E-state index in [9.17, 15) is 0 Å². The summed E-state index contributed by atoms with van der Waals surface area (Å²) in [6.45, 7) is 11.2. The molecule has 4 heteroatoms. The minimum atomic E-state index is -0.0789. The van der Waals surface area contributed by atoms with Gasteiger partial charge in [0.2, 0.25) is 0 Å². The molecule has 16 heavy (non-hydrogen) atoms. The summed E-state index contributed by atoms with van der Waals surface area (Å²) in [5.41, 5.74) is 6.75. The summed E-state index contributed by atoms with van der Waals surface area (Å²) in [5.74, 6) is 2.21. The first-order valence-electron chi connectivity index (χ1n) is 5.74. The number of aromatic nitrogens is 2. The van der Waals surface area contributed by atoms with Gasteiger partial charge in [-0.2, -0.15) is 0 Å². The van der Waals surface area contributed by atoms with E-state index in [0.29, 0.717) is 5.82 Å². The minimum absolute atomic E-state index is 0.0789. The van der Waals surface area contributed by atoms with E-state index in [1.54, 1.807) is 0 Å². The minimum Gasteiger partial charge on any atom is -0.383 e. The van der Waals surface area contributed by atoms with E-state index in [1.807, 2.05) is 6.92 Å². The highest BCUT2D eigenvalue weighted by Gasteiger charge is 2.20. The summed E-state index contributed by atoms with van der Waals surface area (Å²) < 4.78 is 0. The molecule has 4 nitrogen and oxygen atoms in total. The maximum absolute atomic E-state index is 5.90. The quantitative estimate of drug-likeness (QED) is 0.824. The molecule has 0 spiro atoms. The molecule has 0 radical (unpaired) electrons. The van der Waals surface area contributed by atoms with Gasteiger partial charge in [0, 0.05) is 17.5 Å². The van der Waals surface area contributed by atoms with Crippen LogP contribution < -0.4 is 11.1 Å². The third-order valence-electron chi connectivity index (χ3n) is 2.40. The Balaban J connectivity index is 3.12. The molecule has 1 rings (SSSR count). The van der Waals surface area contributed by atoms with Crippen molar-refractivity contribution < 1.29 is 0 Å². The topological polar surface area (TPSA) is 63.8 Å². The van der Waals surface area contributed by atoms with E-state index in [2.05, 4.69) is 43.0 Å². The Hall–Kier alpha value is -1.32. The third-order valence-corrected chi connectivity index (χ3v) is 2.40. The van der Waals surface area contributed by atoms with Crippen molar-refractivity contribution in [1.82, 2.24) is 9.97 Å². The van der Waals surface area contributed by atoms with Gasteiger partial charge in [-0.15, -0.1) is 0 Å². The molecule has 0 aliphatic heterocycles. The zero-order chi connectivity index (χ0) is 12.3. The molecule has 0 unspecified atom stereocenters. The van der Waals surface area contributed by atoms with Gasteiger partial charge in [0.1, 0.15) is 17.5 Å². The van der Waals surface area contributed by atoms with Crippen molar-refractivity contribution in [3.63, 3.8) is 0 Å². The van der Waals surface area contributed by atoms with Gasteiger partial charge in [0.25, 0.3) is 0 Å². The van der Waals surface area contributed by atoms with Crippen LogP contribution in [0.3, 0.4) is 0 Å². The Morgan fingerprint density at radius 3 is 2.38 bits per heavy atom. The number of nitrogens with zero attached hydrogens (tertiary/aromatic N) is 2. The molecule has 0 atom stereocenters. The first kappa shape index (κ1) is 12.7. The van der Waals surface area contributed by atoms with Gasteiger partial charge < -0.3 is 11.1 Å². The average Bonchev–Trinajstić information content (AvgIpc) is 2.18. The summed E-state index contributed by atoms with van der Waals surface area (Å²) in [6, 6.07) is 0. The lowest BCUT2D eigenvalue weighted by atomic mass is 9.95. The first-order valence-corrected chi connectivity index (χ1v) is 5.74. The molecule has 0 aliphatic rings. The standard InChI is InChI=1S/C12H22N4/c1-6-7-14-10-8(2)9(13)15-11(16-10)12(3,4)5/h6-7H2,1-5H3,(H3,13,14,15,16). The fraction of sp³-hybridized carbons (Fsp3) is 0.667. The molecular weight excluding hydrogens is 200 g/mol. The smallest absolute Gasteiger partial charge is 0.138 e. The number of nitrogens with two attached hydrogens (primary N) is 1. The van der Waals surface area contributed by atoms with E-state index in [0.717, 1.165) is 30.2 Å². The maximum Gasteiger partial charge on any atom is 0.138 e. The van der Waals surface area contributed by atoms with E-state index in [4.69, 9.17) is 5.73 Å². The largest absolute Gasteiger partial charge is 0.383 e. The Bertz CT molecular complexity index is 366. The Kier molecular flexibility index (Phi) is 3.73. The Labute approximate surface area is 97.7 Å².